The van der Waals surface area contributed by atoms with Gasteiger partial charge in [-0.3, -0.25) is 4.52 Å². The molecule has 0 heterocycles. The largest absolute Gasteiger partial charge is 0.469 e. The van der Waals surface area contributed by atoms with Gasteiger partial charge in [-0.2, -0.15) is 10.2 Å². The fourth-order valence-corrected chi connectivity index (χ4v) is 3.14. The third-order valence-corrected chi connectivity index (χ3v) is 4.98. The summed E-state index contributed by atoms with van der Waals surface area (Å²) in [6.45, 7) is 1.72. The number of aliphatic hydroxyl groups is 1. The molecule has 0 unspecified atom stereocenters. The van der Waals surface area contributed by atoms with Crippen LogP contribution in [0.4, 0.5) is 11.4 Å². The van der Waals surface area contributed by atoms with E-state index in [0.717, 1.165) is 36.2 Å². The first-order valence-electron chi connectivity index (χ1n) is 10.2. The van der Waals surface area contributed by atoms with Gasteiger partial charge >= 0.3 is 7.82 Å². The Kier molecular flexibility index (Phi) is 10.2. The van der Waals surface area contributed by atoms with Crippen LogP contribution in [-0.4, -0.2) is 33.6 Å². The van der Waals surface area contributed by atoms with Crippen LogP contribution < -0.4 is 5.73 Å². The second kappa shape index (κ2) is 12.6. The molecule has 5 N–H and O–H groups in total. The van der Waals surface area contributed by atoms with E-state index in [2.05, 4.69) is 33.8 Å². The van der Waals surface area contributed by atoms with E-state index in [1.807, 2.05) is 36.4 Å². The summed E-state index contributed by atoms with van der Waals surface area (Å²) in [5, 5.41) is 18.4. The SMILES string of the molecule is CCCc1ccc(N=Nc2ccc(CC/C=C/[C@@H](O)[C@@H](N)COP(=O)(O)O)cc2)cc1. The molecule has 0 aromatic heterocycles. The Morgan fingerprint density at radius 2 is 1.52 bits per heavy atom. The first-order chi connectivity index (χ1) is 14.8. The zero-order chi connectivity index (χ0) is 22.7. The summed E-state index contributed by atoms with van der Waals surface area (Å²) in [4.78, 5) is 17.3. The number of allylic oxidation sites excluding steroid dienone is 1. The van der Waals surface area contributed by atoms with E-state index in [1.165, 1.54) is 11.6 Å². The molecule has 0 bridgehead atoms. The number of azo groups is 1. The first kappa shape index (κ1) is 25.1. The van der Waals surface area contributed by atoms with Gasteiger partial charge in [-0.15, -0.1) is 0 Å². The summed E-state index contributed by atoms with van der Waals surface area (Å²) in [7, 11) is -4.59. The molecule has 9 heteroatoms. The van der Waals surface area contributed by atoms with Crippen LogP contribution in [0.3, 0.4) is 0 Å². The quantitative estimate of drug-likeness (QED) is 0.217. The zero-order valence-electron chi connectivity index (χ0n) is 17.5. The van der Waals surface area contributed by atoms with Gasteiger partial charge in [-0.25, -0.2) is 4.57 Å². The molecule has 0 aliphatic carbocycles. The minimum atomic E-state index is -4.59. The van der Waals surface area contributed by atoms with Gasteiger partial charge in [0.25, 0.3) is 0 Å². The topological polar surface area (TPSA) is 138 Å². The molecule has 0 aliphatic rings. The highest BCUT2D eigenvalue weighted by Crippen LogP contribution is 2.35. The van der Waals surface area contributed by atoms with Gasteiger partial charge in [0.15, 0.2) is 0 Å². The lowest BCUT2D eigenvalue weighted by Crippen LogP contribution is -2.37. The Balaban J connectivity index is 1.77. The molecular formula is C22H30N3O5P. The predicted molar refractivity (Wildman–Crippen MR) is 120 cm³/mol. The van der Waals surface area contributed by atoms with Crippen LogP contribution in [0.2, 0.25) is 0 Å². The molecule has 168 valence electrons. The van der Waals surface area contributed by atoms with Crippen LogP contribution >= 0.6 is 7.82 Å². The second-order valence-corrected chi connectivity index (χ2v) is 8.43. The number of nitrogens with zero attached hydrogens (tertiary/aromatic N) is 2. The number of phosphoric ester groups is 1. The van der Waals surface area contributed by atoms with Gasteiger partial charge in [0.2, 0.25) is 0 Å². The van der Waals surface area contributed by atoms with Crippen LogP contribution in [0.1, 0.15) is 30.9 Å². The molecule has 2 aromatic rings. The number of hydrogen-bond donors (Lipinski definition) is 4. The lowest BCUT2D eigenvalue weighted by atomic mass is 10.1. The maximum atomic E-state index is 10.7. The average molecular weight is 447 g/mol. The summed E-state index contributed by atoms with van der Waals surface area (Å²) < 4.78 is 14.9. The third kappa shape index (κ3) is 10.1. The number of phosphoric acid groups is 1. The van der Waals surface area contributed by atoms with Crippen molar-refractivity contribution in [3.63, 3.8) is 0 Å². The Morgan fingerprint density at radius 3 is 2.00 bits per heavy atom. The molecule has 2 aromatic carbocycles. The van der Waals surface area contributed by atoms with Crippen molar-refractivity contribution in [3.8, 4) is 0 Å². The van der Waals surface area contributed by atoms with E-state index in [0.29, 0.717) is 6.42 Å². The van der Waals surface area contributed by atoms with Crippen molar-refractivity contribution in [3.05, 3.63) is 71.8 Å². The number of benzene rings is 2. The number of rotatable bonds is 12. The lowest BCUT2D eigenvalue weighted by molar-refractivity contribution is 0.129. The Labute approximate surface area is 182 Å². The van der Waals surface area contributed by atoms with Crippen molar-refractivity contribution in [1.82, 2.24) is 0 Å². The average Bonchev–Trinajstić information content (AvgIpc) is 2.75. The highest BCUT2D eigenvalue weighted by Gasteiger charge is 2.19. The van der Waals surface area contributed by atoms with Crippen LogP contribution in [-0.2, 0) is 21.9 Å². The van der Waals surface area contributed by atoms with E-state index in [1.54, 1.807) is 6.08 Å². The van der Waals surface area contributed by atoms with Crippen LogP contribution in [0.25, 0.3) is 0 Å². The smallest absolute Gasteiger partial charge is 0.387 e. The van der Waals surface area contributed by atoms with E-state index in [9.17, 15) is 9.67 Å². The van der Waals surface area contributed by atoms with Gasteiger partial charge < -0.3 is 20.6 Å². The van der Waals surface area contributed by atoms with Crippen molar-refractivity contribution in [2.75, 3.05) is 6.61 Å². The Morgan fingerprint density at radius 1 is 1.00 bits per heavy atom. The molecule has 2 atom stereocenters. The van der Waals surface area contributed by atoms with E-state index in [-0.39, 0.29) is 0 Å². The molecule has 31 heavy (non-hydrogen) atoms. The molecule has 0 saturated carbocycles. The van der Waals surface area contributed by atoms with Crippen molar-refractivity contribution in [2.45, 2.75) is 44.8 Å². The molecular weight excluding hydrogens is 417 g/mol. The van der Waals surface area contributed by atoms with Crippen molar-refractivity contribution >= 4 is 19.2 Å². The third-order valence-electron chi connectivity index (χ3n) is 4.50. The Bertz CT molecular complexity index is 894. The van der Waals surface area contributed by atoms with Gasteiger partial charge in [0, 0.05) is 0 Å². The van der Waals surface area contributed by atoms with Crippen molar-refractivity contribution < 1.29 is 24.0 Å². The standard InChI is InChI=1S/C22H30N3O5P/c1-2-5-17-8-12-19(13-9-17)24-25-20-14-10-18(11-15-20)6-3-4-7-22(26)21(23)16-30-31(27,28)29/h4,7-15,21-22,26H,2-3,5-6,16,23H2,1H3,(H2,27,28,29)/b7-4+,25-24?/t21-,22+/m0/s1. The molecule has 0 spiro atoms. The minimum absolute atomic E-state index is 0.436. The van der Waals surface area contributed by atoms with Crippen molar-refractivity contribution in [2.24, 2.45) is 16.0 Å². The summed E-state index contributed by atoms with van der Waals surface area (Å²) in [5.74, 6) is 0. The van der Waals surface area contributed by atoms with Gasteiger partial charge in [-0.05, 0) is 54.7 Å². The minimum Gasteiger partial charge on any atom is -0.387 e. The number of nitrogens with two attached hydrogens (primary N) is 1. The number of aliphatic hydroxyl groups excluding tert-OH is 1. The monoisotopic (exact) mass is 447 g/mol. The molecule has 0 aliphatic heterocycles. The number of aryl methyl sites for hydroxylation is 2. The summed E-state index contributed by atoms with van der Waals surface area (Å²) in [6, 6.07) is 14.9. The molecule has 0 amide bonds. The van der Waals surface area contributed by atoms with E-state index >= 15 is 0 Å². The van der Waals surface area contributed by atoms with Crippen LogP contribution in [0, 0.1) is 0 Å². The number of hydrogen-bond acceptors (Lipinski definition) is 6. The molecule has 0 fully saturated rings. The summed E-state index contributed by atoms with van der Waals surface area (Å²) >= 11 is 0. The van der Waals surface area contributed by atoms with Gasteiger partial charge in [0.1, 0.15) is 0 Å². The lowest BCUT2D eigenvalue weighted by Gasteiger charge is -2.15. The highest BCUT2D eigenvalue weighted by molar-refractivity contribution is 7.46. The molecule has 8 nitrogen and oxygen atoms in total. The first-order valence-corrected chi connectivity index (χ1v) is 11.7. The van der Waals surface area contributed by atoms with Crippen molar-refractivity contribution in [1.29, 1.82) is 0 Å². The highest BCUT2D eigenvalue weighted by atomic mass is 31.2. The normalized spacial score (nSPS) is 14.4. The predicted octanol–water partition coefficient (Wildman–Crippen LogP) is 4.34. The Hall–Kier alpha value is -2.19. The fourth-order valence-electron chi connectivity index (χ4n) is 2.77. The second-order valence-electron chi connectivity index (χ2n) is 7.19. The molecule has 0 saturated heterocycles. The van der Waals surface area contributed by atoms with E-state index < -0.39 is 26.6 Å². The maximum Gasteiger partial charge on any atom is 0.469 e. The van der Waals surface area contributed by atoms with Gasteiger partial charge in [0.05, 0.1) is 30.1 Å². The zero-order valence-corrected chi connectivity index (χ0v) is 18.4. The van der Waals surface area contributed by atoms with Crippen LogP contribution in [0.15, 0.2) is 70.9 Å². The summed E-state index contributed by atoms with van der Waals surface area (Å²) in [6.07, 6.45) is 5.84. The molecule has 0 radical (unpaired) electrons. The van der Waals surface area contributed by atoms with E-state index in [4.69, 9.17) is 15.5 Å². The maximum absolute atomic E-state index is 10.7. The van der Waals surface area contributed by atoms with Crippen LogP contribution in [0.5, 0.6) is 0 Å². The molecule has 2 rings (SSSR count). The van der Waals surface area contributed by atoms with Gasteiger partial charge in [-0.1, -0.05) is 49.8 Å². The fraction of sp³-hybridized carbons (Fsp3) is 0.364. The summed E-state index contributed by atoms with van der Waals surface area (Å²) in [5.41, 5.74) is 9.62.